The number of halogens is 2. The monoisotopic (exact) mass is 437 g/mol. The van der Waals surface area contributed by atoms with Crippen LogP contribution in [-0.2, 0) is 19.6 Å². The molecule has 0 radical (unpaired) electrons. The van der Waals surface area contributed by atoms with E-state index >= 15 is 0 Å². The summed E-state index contributed by atoms with van der Waals surface area (Å²) in [5.74, 6) is -2.44. The highest BCUT2D eigenvalue weighted by Crippen LogP contribution is 2.31. The van der Waals surface area contributed by atoms with Crippen molar-refractivity contribution < 1.29 is 32.6 Å². The number of urea groups is 1. The van der Waals surface area contributed by atoms with Crippen molar-refractivity contribution in [1.82, 2.24) is 9.69 Å². The number of furan rings is 1. The molecule has 0 aliphatic carbocycles. The molecule has 0 aliphatic rings. The van der Waals surface area contributed by atoms with Crippen molar-refractivity contribution in [1.29, 1.82) is 0 Å². The van der Waals surface area contributed by atoms with Crippen LogP contribution in [-0.4, -0.2) is 21.5 Å². The Kier molecular flexibility index (Phi) is 6.62. The lowest BCUT2D eigenvalue weighted by molar-refractivity contribution is 0.0693. The van der Waals surface area contributed by atoms with E-state index in [-0.39, 0.29) is 34.1 Å². The van der Waals surface area contributed by atoms with E-state index in [0.717, 1.165) is 12.1 Å². The minimum Gasteiger partial charge on any atom is -0.477 e. The average Bonchev–Trinajstić information content (AvgIpc) is 3.36. The van der Waals surface area contributed by atoms with Crippen LogP contribution >= 0.6 is 11.5 Å². The number of amides is 2. The predicted octanol–water partition coefficient (Wildman–Crippen LogP) is 4.18. The zero-order valence-corrected chi connectivity index (χ0v) is 16.5. The van der Waals surface area contributed by atoms with Crippen LogP contribution in [0.5, 0.6) is 5.88 Å². The molecule has 8 nitrogen and oxygen atoms in total. The van der Waals surface area contributed by atoms with Gasteiger partial charge in [0, 0.05) is 5.56 Å². The summed E-state index contributed by atoms with van der Waals surface area (Å²) in [5, 5.41) is 14.3. The molecule has 0 fully saturated rings. The maximum absolute atomic E-state index is 14.1. The van der Waals surface area contributed by atoms with Gasteiger partial charge in [0.05, 0.1) is 12.8 Å². The number of nitrogens with zero attached hydrogens (tertiary/aromatic N) is 1. The maximum atomic E-state index is 14.1. The van der Waals surface area contributed by atoms with Crippen molar-refractivity contribution in [3.05, 3.63) is 64.6 Å². The normalized spacial score (nSPS) is 10.6. The molecule has 3 aromatic rings. The molecular formula is C19H17F2N3O5S. The van der Waals surface area contributed by atoms with Crippen molar-refractivity contribution in [2.75, 3.05) is 5.32 Å². The van der Waals surface area contributed by atoms with Crippen molar-refractivity contribution >= 4 is 28.5 Å². The number of carboxylic acid groups (broad SMARTS) is 1. The summed E-state index contributed by atoms with van der Waals surface area (Å²) in [5.41, 5.74) is -0.248. The summed E-state index contributed by atoms with van der Waals surface area (Å²) in [6.45, 7) is 1.37. The third-order valence-corrected chi connectivity index (χ3v) is 4.81. The van der Waals surface area contributed by atoms with E-state index in [9.17, 15) is 23.5 Å². The van der Waals surface area contributed by atoms with Crippen molar-refractivity contribution in [2.45, 2.75) is 26.5 Å². The first-order valence-electron chi connectivity index (χ1n) is 8.78. The molecule has 158 valence electrons. The number of rotatable bonds is 8. The number of nitrogens with one attached hydrogen (secondary N) is 2. The number of hydrogen-bond donors (Lipinski definition) is 3. The van der Waals surface area contributed by atoms with E-state index < -0.39 is 30.2 Å². The van der Waals surface area contributed by atoms with Gasteiger partial charge in [0.2, 0.25) is 5.88 Å². The van der Waals surface area contributed by atoms with Gasteiger partial charge in [-0.25, -0.2) is 18.4 Å². The Morgan fingerprint density at radius 2 is 2.00 bits per heavy atom. The minimum absolute atomic E-state index is 0.0672. The summed E-state index contributed by atoms with van der Waals surface area (Å²) in [4.78, 5) is 23.6. The zero-order chi connectivity index (χ0) is 21.7. The van der Waals surface area contributed by atoms with Gasteiger partial charge >= 0.3 is 12.0 Å². The van der Waals surface area contributed by atoms with E-state index in [2.05, 4.69) is 15.0 Å². The van der Waals surface area contributed by atoms with Crippen LogP contribution in [0.3, 0.4) is 0 Å². The highest BCUT2D eigenvalue weighted by Gasteiger charge is 2.24. The summed E-state index contributed by atoms with van der Waals surface area (Å²) >= 11 is 0.686. The molecule has 0 bridgehead atoms. The number of hydrogen-bond acceptors (Lipinski definition) is 6. The Bertz CT molecular complexity index is 1050. The Labute approximate surface area is 173 Å². The summed E-state index contributed by atoms with van der Waals surface area (Å²) in [6, 6.07) is 4.73. The van der Waals surface area contributed by atoms with Crippen LogP contribution in [0.25, 0.3) is 0 Å². The lowest BCUT2D eigenvalue weighted by atomic mass is 10.1. The van der Waals surface area contributed by atoms with Gasteiger partial charge in [-0.1, -0.05) is 6.92 Å². The lowest BCUT2D eigenvalue weighted by Gasteiger charge is -2.09. The third kappa shape index (κ3) is 4.92. The first-order chi connectivity index (χ1) is 14.4. The SMILES string of the molecule is CCc1cc(F)c(COc2nsc(NC(=O)NCc3ccco3)c2C(=O)O)cc1F. The van der Waals surface area contributed by atoms with Gasteiger partial charge < -0.3 is 19.6 Å². The Morgan fingerprint density at radius 3 is 2.67 bits per heavy atom. The molecular weight excluding hydrogens is 420 g/mol. The molecule has 0 atom stereocenters. The molecule has 0 saturated heterocycles. The summed E-state index contributed by atoms with van der Waals surface area (Å²) in [6.07, 6.45) is 1.78. The standard InChI is InChI=1S/C19H17F2N3O5S/c1-2-10-6-14(21)11(7-13(10)20)9-29-16-15(18(25)26)17(30-24-16)23-19(27)22-8-12-4-3-5-28-12/h3-7H,2,8-9H2,1H3,(H,25,26)(H2,22,23,27). The quantitative estimate of drug-likeness (QED) is 0.487. The van der Waals surface area contributed by atoms with E-state index in [0.29, 0.717) is 23.7 Å². The molecule has 30 heavy (non-hydrogen) atoms. The number of carbonyl (C=O) groups is 2. The van der Waals surface area contributed by atoms with Gasteiger partial charge in [0.1, 0.15) is 29.0 Å². The third-order valence-electron chi connectivity index (χ3n) is 4.07. The second-order valence-electron chi connectivity index (χ2n) is 6.06. The summed E-state index contributed by atoms with van der Waals surface area (Å²) in [7, 11) is 0. The molecule has 11 heteroatoms. The van der Waals surface area contributed by atoms with Gasteiger partial charge in [-0.2, -0.15) is 4.37 Å². The predicted molar refractivity (Wildman–Crippen MR) is 104 cm³/mol. The van der Waals surface area contributed by atoms with Gasteiger partial charge in [-0.3, -0.25) is 5.32 Å². The van der Waals surface area contributed by atoms with E-state index in [4.69, 9.17) is 9.15 Å². The Morgan fingerprint density at radius 1 is 1.27 bits per heavy atom. The van der Waals surface area contributed by atoms with Gasteiger partial charge in [0.15, 0.2) is 5.56 Å². The number of carbonyl (C=O) groups excluding carboxylic acids is 1. The second kappa shape index (κ2) is 9.35. The van der Waals surface area contributed by atoms with E-state index in [1.807, 2.05) is 0 Å². The number of ether oxygens (including phenoxy) is 1. The highest BCUT2D eigenvalue weighted by atomic mass is 32.1. The number of anilines is 1. The molecule has 0 unspecified atom stereocenters. The molecule has 0 spiro atoms. The second-order valence-corrected chi connectivity index (χ2v) is 6.83. The van der Waals surface area contributed by atoms with Crippen molar-refractivity contribution in [3.8, 4) is 5.88 Å². The van der Waals surface area contributed by atoms with Crippen LogP contribution in [0.1, 0.15) is 34.2 Å². The van der Waals surface area contributed by atoms with Gasteiger partial charge in [-0.05, 0) is 47.8 Å². The largest absolute Gasteiger partial charge is 0.477 e. The minimum atomic E-state index is -1.40. The van der Waals surface area contributed by atoms with E-state index in [1.165, 1.54) is 6.26 Å². The molecule has 3 rings (SSSR count). The fourth-order valence-corrected chi connectivity index (χ4v) is 3.26. The number of aryl methyl sites for hydroxylation is 1. The lowest BCUT2D eigenvalue weighted by Crippen LogP contribution is -2.28. The number of carboxylic acids is 1. The van der Waals surface area contributed by atoms with Crippen LogP contribution in [0, 0.1) is 11.6 Å². The van der Waals surface area contributed by atoms with Gasteiger partial charge in [0.25, 0.3) is 0 Å². The molecule has 2 amide bonds. The maximum Gasteiger partial charge on any atom is 0.344 e. The van der Waals surface area contributed by atoms with Crippen LogP contribution in [0.2, 0.25) is 0 Å². The first-order valence-corrected chi connectivity index (χ1v) is 9.56. The number of benzene rings is 1. The molecule has 2 heterocycles. The van der Waals surface area contributed by atoms with Gasteiger partial charge in [-0.15, -0.1) is 0 Å². The van der Waals surface area contributed by atoms with Crippen molar-refractivity contribution in [3.63, 3.8) is 0 Å². The molecule has 3 N–H and O–H groups in total. The molecule has 0 aliphatic heterocycles. The number of aromatic carboxylic acids is 1. The topological polar surface area (TPSA) is 114 Å². The van der Waals surface area contributed by atoms with E-state index in [1.54, 1.807) is 19.1 Å². The fraction of sp³-hybridized carbons (Fsp3) is 0.211. The Balaban J connectivity index is 1.69. The molecule has 0 saturated carbocycles. The smallest absolute Gasteiger partial charge is 0.344 e. The average molecular weight is 437 g/mol. The zero-order valence-electron chi connectivity index (χ0n) is 15.7. The van der Waals surface area contributed by atoms with Crippen LogP contribution < -0.4 is 15.4 Å². The molecule has 2 aromatic heterocycles. The summed E-state index contributed by atoms with van der Waals surface area (Å²) < 4.78 is 42.2. The van der Waals surface area contributed by atoms with Crippen LogP contribution in [0.15, 0.2) is 34.9 Å². The molecule has 1 aromatic carbocycles. The van der Waals surface area contributed by atoms with Crippen molar-refractivity contribution in [2.24, 2.45) is 0 Å². The first kappa shape index (κ1) is 21.2. The fourth-order valence-electron chi connectivity index (χ4n) is 2.53. The number of aromatic nitrogens is 1. The highest BCUT2D eigenvalue weighted by molar-refractivity contribution is 7.11. The van der Waals surface area contributed by atoms with Crippen LogP contribution in [0.4, 0.5) is 18.6 Å². The Hall–Kier alpha value is -3.47.